The summed E-state index contributed by atoms with van der Waals surface area (Å²) in [7, 11) is 1.52. The van der Waals surface area contributed by atoms with Crippen molar-refractivity contribution >= 4 is 34.9 Å². The fourth-order valence-electron chi connectivity index (χ4n) is 4.10. The van der Waals surface area contributed by atoms with E-state index < -0.39 is 24.2 Å². The van der Waals surface area contributed by atoms with Crippen molar-refractivity contribution in [3.8, 4) is 0 Å². The van der Waals surface area contributed by atoms with Gasteiger partial charge >= 0.3 is 6.18 Å². The van der Waals surface area contributed by atoms with Crippen molar-refractivity contribution in [1.29, 1.82) is 0 Å². The first-order chi connectivity index (χ1) is 17.6. The number of halogens is 4. The number of nitrogens with one attached hydrogen (secondary N) is 3. The summed E-state index contributed by atoms with van der Waals surface area (Å²) in [6.45, 7) is 2.02. The van der Waals surface area contributed by atoms with Gasteiger partial charge in [-0.05, 0) is 12.5 Å². The highest BCUT2D eigenvalue weighted by Crippen LogP contribution is 2.46. The monoisotopic (exact) mass is 539 g/mol. The Morgan fingerprint density at radius 3 is 2.70 bits per heavy atom. The predicted octanol–water partition coefficient (Wildman–Crippen LogP) is 3.80. The second-order valence-electron chi connectivity index (χ2n) is 8.66. The number of hydrogen-bond donors (Lipinski definition) is 3. The van der Waals surface area contributed by atoms with Crippen LogP contribution >= 0.6 is 11.6 Å². The Hall–Kier alpha value is -3.58. The standard InChI is InChI=1S/C23H25ClF3N7O3/c1-13(12-37-2)29-18(35)11-33-10-15(9-28-33)30-22(36)20-19(24)21-31-16(14-6-4-3-5-7-14)8-17(23(25,26)27)34(21)32-20/h3-7,9-10,13,16-17,31H,8,11-12H2,1-2H3,(H,29,35)(H,30,36)/t13-,16+,17-/m0/s1. The third-order valence-corrected chi connectivity index (χ3v) is 6.09. The Morgan fingerprint density at radius 1 is 1.30 bits per heavy atom. The Balaban J connectivity index is 1.51. The van der Waals surface area contributed by atoms with Gasteiger partial charge in [-0.1, -0.05) is 41.9 Å². The summed E-state index contributed by atoms with van der Waals surface area (Å²) in [6, 6.07) is 5.81. The third kappa shape index (κ3) is 6.05. The number of ether oxygens (including phenoxy) is 1. The van der Waals surface area contributed by atoms with E-state index in [9.17, 15) is 22.8 Å². The van der Waals surface area contributed by atoms with Crippen molar-refractivity contribution in [2.45, 2.75) is 44.2 Å². The van der Waals surface area contributed by atoms with Gasteiger partial charge in [0.1, 0.15) is 17.4 Å². The molecule has 2 aromatic heterocycles. The maximum atomic E-state index is 13.9. The van der Waals surface area contributed by atoms with E-state index in [1.807, 2.05) is 0 Å². The molecule has 1 aromatic carbocycles. The minimum absolute atomic E-state index is 0.0909. The topological polar surface area (TPSA) is 115 Å². The average molecular weight is 540 g/mol. The molecule has 0 saturated heterocycles. The highest BCUT2D eigenvalue weighted by molar-refractivity contribution is 6.36. The molecule has 3 atom stereocenters. The number of alkyl halides is 3. The van der Waals surface area contributed by atoms with Crippen LogP contribution in [0.4, 0.5) is 24.7 Å². The number of carbonyl (C=O) groups excluding carboxylic acids is 2. The van der Waals surface area contributed by atoms with Crippen LogP contribution in [0.5, 0.6) is 0 Å². The van der Waals surface area contributed by atoms with Crippen LogP contribution in [0.2, 0.25) is 5.02 Å². The first-order valence-corrected chi connectivity index (χ1v) is 11.7. The van der Waals surface area contributed by atoms with E-state index in [0.717, 1.165) is 0 Å². The van der Waals surface area contributed by atoms with Crippen LogP contribution in [0, 0.1) is 0 Å². The fourth-order valence-corrected chi connectivity index (χ4v) is 4.37. The summed E-state index contributed by atoms with van der Waals surface area (Å²) in [6.07, 6.45) is -2.23. The number of methoxy groups -OCH3 is 1. The first-order valence-electron chi connectivity index (χ1n) is 11.3. The zero-order chi connectivity index (χ0) is 26.7. The Labute approximate surface area is 215 Å². The molecular formula is C23H25ClF3N7O3. The zero-order valence-electron chi connectivity index (χ0n) is 19.9. The van der Waals surface area contributed by atoms with E-state index >= 15 is 0 Å². The average Bonchev–Trinajstić information content (AvgIpc) is 3.42. The Bertz CT molecular complexity index is 1260. The van der Waals surface area contributed by atoms with Crippen LogP contribution in [0.15, 0.2) is 42.7 Å². The lowest BCUT2D eigenvalue weighted by Gasteiger charge is -2.33. The molecule has 0 aliphatic carbocycles. The minimum atomic E-state index is -4.62. The van der Waals surface area contributed by atoms with Crippen LogP contribution in [0.25, 0.3) is 0 Å². The lowest BCUT2D eigenvalue weighted by molar-refractivity contribution is -0.173. The van der Waals surface area contributed by atoms with Gasteiger partial charge in [0.05, 0.1) is 24.5 Å². The highest BCUT2D eigenvalue weighted by Gasteiger charge is 2.47. The van der Waals surface area contributed by atoms with Crippen molar-refractivity contribution in [3.63, 3.8) is 0 Å². The number of rotatable bonds is 8. The van der Waals surface area contributed by atoms with E-state index in [2.05, 4.69) is 26.1 Å². The lowest BCUT2D eigenvalue weighted by atomic mass is 9.97. The van der Waals surface area contributed by atoms with Gasteiger partial charge in [0.2, 0.25) is 5.91 Å². The van der Waals surface area contributed by atoms with E-state index in [0.29, 0.717) is 16.9 Å². The molecule has 4 rings (SSSR count). The third-order valence-electron chi connectivity index (χ3n) is 5.73. The van der Waals surface area contributed by atoms with Crippen LogP contribution in [0.1, 0.15) is 41.5 Å². The highest BCUT2D eigenvalue weighted by atomic mass is 35.5. The molecule has 1 aliphatic rings. The smallest absolute Gasteiger partial charge is 0.383 e. The summed E-state index contributed by atoms with van der Waals surface area (Å²) in [5.74, 6) is -1.22. The van der Waals surface area contributed by atoms with E-state index in [-0.39, 0.29) is 47.1 Å². The molecule has 3 N–H and O–H groups in total. The van der Waals surface area contributed by atoms with Gasteiger partial charge in [-0.2, -0.15) is 23.4 Å². The molecule has 0 fully saturated rings. The maximum Gasteiger partial charge on any atom is 0.410 e. The normalized spacial score (nSPS) is 18.0. The van der Waals surface area contributed by atoms with E-state index in [1.54, 1.807) is 37.3 Å². The molecule has 0 saturated carbocycles. The maximum absolute atomic E-state index is 13.9. The molecule has 198 valence electrons. The number of amides is 2. The van der Waals surface area contributed by atoms with Crippen molar-refractivity contribution < 1.29 is 27.5 Å². The quantitative estimate of drug-likeness (QED) is 0.401. The molecule has 0 bridgehead atoms. The second kappa shape index (κ2) is 10.8. The number of aromatic nitrogens is 4. The molecule has 0 spiro atoms. The summed E-state index contributed by atoms with van der Waals surface area (Å²) in [5.41, 5.74) is 0.498. The lowest BCUT2D eigenvalue weighted by Crippen LogP contribution is -2.37. The molecule has 3 heterocycles. The second-order valence-corrected chi connectivity index (χ2v) is 9.04. The summed E-state index contributed by atoms with van der Waals surface area (Å²) < 4.78 is 48.8. The molecule has 0 radical (unpaired) electrons. The number of anilines is 2. The zero-order valence-corrected chi connectivity index (χ0v) is 20.7. The molecule has 14 heteroatoms. The minimum Gasteiger partial charge on any atom is -0.383 e. The Kier molecular flexibility index (Phi) is 7.73. The van der Waals surface area contributed by atoms with Gasteiger partial charge < -0.3 is 20.7 Å². The van der Waals surface area contributed by atoms with Crippen molar-refractivity contribution in [1.82, 2.24) is 24.9 Å². The molecule has 10 nitrogen and oxygen atoms in total. The van der Waals surface area contributed by atoms with Crippen LogP contribution in [0.3, 0.4) is 0 Å². The van der Waals surface area contributed by atoms with Gasteiger partial charge in [-0.15, -0.1) is 0 Å². The number of nitrogens with zero attached hydrogens (tertiary/aromatic N) is 4. The summed E-state index contributed by atoms with van der Waals surface area (Å²) in [4.78, 5) is 25.0. The van der Waals surface area contributed by atoms with E-state index in [1.165, 1.54) is 24.2 Å². The van der Waals surface area contributed by atoms with Crippen molar-refractivity contribution in [2.24, 2.45) is 0 Å². The van der Waals surface area contributed by atoms with Crippen LogP contribution < -0.4 is 16.0 Å². The van der Waals surface area contributed by atoms with Gasteiger partial charge in [0, 0.05) is 25.8 Å². The molecular weight excluding hydrogens is 515 g/mol. The predicted molar refractivity (Wildman–Crippen MR) is 129 cm³/mol. The molecule has 0 unspecified atom stereocenters. The number of benzene rings is 1. The van der Waals surface area contributed by atoms with Gasteiger partial charge in [0.25, 0.3) is 5.91 Å². The first kappa shape index (κ1) is 26.5. The summed E-state index contributed by atoms with van der Waals surface area (Å²) in [5, 5.41) is 15.9. The van der Waals surface area contributed by atoms with Gasteiger partial charge in [-0.25, -0.2) is 4.68 Å². The van der Waals surface area contributed by atoms with Gasteiger partial charge in [0.15, 0.2) is 11.7 Å². The van der Waals surface area contributed by atoms with Gasteiger partial charge in [-0.3, -0.25) is 14.3 Å². The summed E-state index contributed by atoms with van der Waals surface area (Å²) >= 11 is 6.36. The SMILES string of the molecule is COC[C@H](C)NC(=O)Cn1cc(NC(=O)c2nn3c(c2Cl)N[C@@H](c2ccccc2)C[C@H]3C(F)(F)F)cn1. The van der Waals surface area contributed by atoms with Crippen molar-refractivity contribution in [2.75, 3.05) is 24.4 Å². The molecule has 37 heavy (non-hydrogen) atoms. The van der Waals surface area contributed by atoms with E-state index in [4.69, 9.17) is 16.3 Å². The van der Waals surface area contributed by atoms with Crippen LogP contribution in [-0.4, -0.2) is 57.3 Å². The number of hydrogen-bond acceptors (Lipinski definition) is 6. The van der Waals surface area contributed by atoms with Crippen molar-refractivity contribution in [3.05, 3.63) is 59.0 Å². The fraction of sp³-hybridized carbons (Fsp3) is 0.391. The molecule has 3 aromatic rings. The number of fused-ring (bicyclic) bond motifs is 1. The largest absolute Gasteiger partial charge is 0.410 e. The number of carbonyl (C=O) groups is 2. The molecule has 2 amide bonds. The Morgan fingerprint density at radius 2 is 2.03 bits per heavy atom. The van der Waals surface area contributed by atoms with Crippen LogP contribution in [-0.2, 0) is 16.1 Å². The molecule has 1 aliphatic heterocycles.